The number of benzene rings is 2. The fourth-order valence-electron chi connectivity index (χ4n) is 3.57. The fourth-order valence-corrected chi connectivity index (χ4v) is 4.58. The molecule has 2 amide bonds. The predicted molar refractivity (Wildman–Crippen MR) is 123 cm³/mol. The zero-order valence-corrected chi connectivity index (χ0v) is 20.6. The van der Waals surface area contributed by atoms with E-state index in [2.05, 4.69) is 5.32 Å². The number of nitrogens with one attached hydrogen (secondary N) is 1. The van der Waals surface area contributed by atoms with Gasteiger partial charge in [-0.25, -0.2) is 4.79 Å². The van der Waals surface area contributed by atoms with Crippen LogP contribution >= 0.6 is 0 Å². The maximum absolute atomic E-state index is 13.1. The van der Waals surface area contributed by atoms with Crippen LogP contribution in [0, 0.1) is 0 Å². The van der Waals surface area contributed by atoms with E-state index in [1.807, 2.05) is 20.8 Å². The summed E-state index contributed by atoms with van der Waals surface area (Å²) in [5.74, 6) is -0.0780. The number of amides is 2. The van der Waals surface area contributed by atoms with Crippen LogP contribution in [0.25, 0.3) is 0 Å². The Morgan fingerprint density at radius 1 is 1.14 bits per heavy atom. The maximum atomic E-state index is 13.1. The lowest BCUT2D eigenvalue weighted by atomic mass is 10.1. The fraction of sp³-hybridized carbons (Fsp3) is 0.458. The Labute approximate surface area is 203 Å². The average Bonchev–Trinajstić information content (AvgIpc) is 3.26. The Morgan fingerprint density at radius 3 is 2.49 bits per heavy atom. The largest absolute Gasteiger partial charge is 0.416 e. The average molecular weight is 515 g/mol. The molecule has 1 aliphatic rings. The van der Waals surface area contributed by atoms with Crippen LogP contribution in [0.2, 0.25) is 0 Å². The molecule has 0 radical (unpaired) electrons. The molecule has 11 heteroatoms. The van der Waals surface area contributed by atoms with Crippen LogP contribution in [-0.4, -0.2) is 44.1 Å². The second-order valence-electron chi connectivity index (χ2n) is 9.37. The lowest BCUT2D eigenvalue weighted by molar-refractivity contribution is -0.137. The van der Waals surface area contributed by atoms with Crippen LogP contribution in [-0.2, 0) is 27.6 Å². The van der Waals surface area contributed by atoms with Crippen molar-refractivity contribution in [2.24, 2.45) is 0 Å². The molecule has 0 aromatic heterocycles. The van der Waals surface area contributed by atoms with Gasteiger partial charge in [-0.05, 0) is 57.9 Å². The summed E-state index contributed by atoms with van der Waals surface area (Å²) >= 11 is 0. The Hall–Kier alpha value is -2.79. The number of carbonyl (C=O) groups excluding carboxylic acids is 1. The SMILES string of the molecule is CC(C)(C)NC(=O)N(Cc1ccccc1OS(=O)(=O)c1cccc(C(F)(F)F)c1)CC1CCCO1. The number of alkyl halides is 3. The molecule has 7 nitrogen and oxygen atoms in total. The summed E-state index contributed by atoms with van der Waals surface area (Å²) in [5, 5.41) is 2.89. The molecule has 1 unspecified atom stereocenters. The van der Waals surface area contributed by atoms with Gasteiger partial charge in [-0.15, -0.1) is 0 Å². The highest BCUT2D eigenvalue weighted by Gasteiger charge is 2.32. The Bertz CT molecular complexity index is 1140. The number of ether oxygens (including phenoxy) is 1. The Balaban J connectivity index is 1.87. The molecule has 35 heavy (non-hydrogen) atoms. The highest BCUT2D eigenvalue weighted by Crippen LogP contribution is 2.32. The van der Waals surface area contributed by atoms with Crippen LogP contribution in [0.15, 0.2) is 53.4 Å². The van der Waals surface area contributed by atoms with E-state index in [9.17, 15) is 26.4 Å². The van der Waals surface area contributed by atoms with Crippen molar-refractivity contribution in [3.8, 4) is 5.75 Å². The van der Waals surface area contributed by atoms with Gasteiger partial charge in [0.25, 0.3) is 0 Å². The number of urea groups is 1. The van der Waals surface area contributed by atoms with E-state index < -0.39 is 32.3 Å². The number of hydrogen-bond donors (Lipinski definition) is 1. The van der Waals surface area contributed by atoms with Gasteiger partial charge in [-0.2, -0.15) is 21.6 Å². The van der Waals surface area contributed by atoms with Crippen molar-refractivity contribution >= 4 is 16.1 Å². The van der Waals surface area contributed by atoms with Gasteiger partial charge in [-0.3, -0.25) is 0 Å². The van der Waals surface area contributed by atoms with Gasteiger partial charge < -0.3 is 19.1 Å². The summed E-state index contributed by atoms with van der Waals surface area (Å²) in [6, 6.07) is 9.19. The van der Waals surface area contributed by atoms with Gasteiger partial charge in [0.1, 0.15) is 10.6 Å². The zero-order valence-electron chi connectivity index (χ0n) is 19.8. The molecular formula is C24H29F3N2O5S. The van der Waals surface area contributed by atoms with Crippen molar-refractivity contribution in [1.82, 2.24) is 10.2 Å². The number of halogens is 3. The molecule has 3 rings (SSSR count). The molecule has 1 atom stereocenters. The summed E-state index contributed by atoms with van der Waals surface area (Å²) in [6.45, 7) is 6.43. The molecular weight excluding hydrogens is 485 g/mol. The quantitative estimate of drug-likeness (QED) is 0.528. The van der Waals surface area contributed by atoms with Crippen LogP contribution in [0.5, 0.6) is 5.75 Å². The molecule has 192 valence electrons. The second kappa shape index (κ2) is 10.4. The monoisotopic (exact) mass is 514 g/mol. The molecule has 0 bridgehead atoms. The van der Waals surface area contributed by atoms with Crippen molar-refractivity contribution < 1.29 is 35.3 Å². The third kappa shape index (κ3) is 7.60. The van der Waals surface area contributed by atoms with E-state index in [0.717, 1.165) is 31.0 Å². The molecule has 0 aliphatic carbocycles. The second-order valence-corrected chi connectivity index (χ2v) is 10.9. The molecule has 1 fully saturated rings. The lowest BCUT2D eigenvalue weighted by Crippen LogP contribution is -2.50. The summed E-state index contributed by atoms with van der Waals surface area (Å²) in [4.78, 5) is 13.9. The van der Waals surface area contributed by atoms with Gasteiger partial charge in [-0.1, -0.05) is 24.3 Å². The normalized spacial score (nSPS) is 16.7. The smallest absolute Gasteiger partial charge is 0.379 e. The third-order valence-corrected chi connectivity index (χ3v) is 6.43. The summed E-state index contributed by atoms with van der Waals surface area (Å²) < 4.78 is 75.7. The first-order chi connectivity index (χ1) is 16.2. The van der Waals surface area contributed by atoms with Crippen molar-refractivity contribution in [3.05, 3.63) is 59.7 Å². The minimum absolute atomic E-state index is 0.00998. The van der Waals surface area contributed by atoms with Gasteiger partial charge in [0.2, 0.25) is 0 Å². The first kappa shape index (κ1) is 26.8. The number of nitrogens with zero attached hydrogens (tertiary/aromatic N) is 1. The molecule has 0 spiro atoms. The highest BCUT2D eigenvalue weighted by atomic mass is 32.2. The minimum Gasteiger partial charge on any atom is -0.379 e. The topological polar surface area (TPSA) is 84.9 Å². The molecule has 1 saturated heterocycles. The van der Waals surface area contributed by atoms with Crippen LogP contribution < -0.4 is 9.50 Å². The highest BCUT2D eigenvalue weighted by molar-refractivity contribution is 7.87. The van der Waals surface area contributed by atoms with E-state index >= 15 is 0 Å². The van der Waals surface area contributed by atoms with E-state index in [1.165, 1.54) is 11.0 Å². The van der Waals surface area contributed by atoms with Crippen LogP contribution in [0.4, 0.5) is 18.0 Å². The van der Waals surface area contributed by atoms with Gasteiger partial charge in [0, 0.05) is 24.3 Å². The van der Waals surface area contributed by atoms with Crippen LogP contribution in [0.3, 0.4) is 0 Å². The van der Waals surface area contributed by atoms with E-state index in [4.69, 9.17) is 8.92 Å². The predicted octanol–water partition coefficient (Wildman–Crippen LogP) is 4.96. The molecule has 1 aliphatic heterocycles. The molecule has 2 aromatic carbocycles. The zero-order chi connectivity index (χ0) is 25.9. The summed E-state index contributed by atoms with van der Waals surface area (Å²) in [7, 11) is -4.57. The number of carbonyl (C=O) groups is 1. The molecule has 0 saturated carbocycles. The number of rotatable bonds is 7. The van der Waals surface area contributed by atoms with Gasteiger partial charge >= 0.3 is 22.3 Å². The lowest BCUT2D eigenvalue weighted by Gasteiger charge is -2.30. The number of para-hydroxylation sites is 1. The minimum atomic E-state index is -4.70. The van der Waals surface area contributed by atoms with Crippen molar-refractivity contribution in [2.75, 3.05) is 13.2 Å². The number of hydrogen-bond acceptors (Lipinski definition) is 5. The molecule has 1 N–H and O–H groups in total. The summed E-state index contributed by atoms with van der Waals surface area (Å²) in [6.07, 6.45) is -3.18. The Morgan fingerprint density at radius 2 is 1.86 bits per heavy atom. The standard InChI is InChI=1S/C24H29F3N2O5S/c1-23(2,3)28-22(30)29(16-19-10-7-13-33-19)15-17-8-4-5-12-21(17)34-35(31,32)20-11-6-9-18(14-20)24(25,26)27/h4-6,8-9,11-12,14,19H,7,10,13,15-16H2,1-3H3,(H,28,30). The van der Waals surface area contributed by atoms with Crippen molar-refractivity contribution in [2.45, 2.75) is 62.9 Å². The third-order valence-electron chi connectivity index (χ3n) is 5.20. The first-order valence-electron chi connectivity index (χ1n) is 11.1. The van der Waals surface area contributed by atoms with Crippen molar-refractivity contribution in [3.63, 3.8) is 0 Å². The van der Waals surface area contributed by atoms with E-state index in [-0.39, 0.29) is 31.0 Å². The summed E-state index contributed by atoms with van der Waals surface area (Å²) in [5.41, 5.74) is -1.23. The van der Waals surface area contributed by atoms with Crippen molar-refractivity contribution in [1.29, 1.82) is 0 Å². The van der Waals surface area contributed by atoms with Gasteiger partial charge in [0.15, 0.2) is 0 Å². The van der Waals surface area contributed by atoms with E-state index in [1.54, 1.807) is 18.2 Å². The molecule has 2 aromatic rings. The first-order valence-corrected chi connectivity index (χ1v) is 12.5. The Kier molecular flexibility index (Phi) is 8.00. The maximum Gasteiger partial charge on any atom is 0.416 e. The van der Waals surface area contributed by atoms with Crippen LogP contribution in [0.1, 0.15) is 44.7 Å². The van der Waals surface area contributed by atoms with E-state index in [0.29, 0.717) is 18.2 Å². The van der Waals surface area contributed by atoms with Gasteiger partial charge in [0.05, 0.1) is 18.2 Å². The molecule has 1 heterocycles.